The number of aryl methyl sites for hydroxylation is 8. The standard InChI is InChI=1S/C59H41N17/c1-29-63-30(2)68-56(67-29)40-9-13-45-46-14-10-41(57-69-31(3)64-32(4)70-57)23-50(46)75(49(45)22-40)53-20-39(28-62)21-54(55(53)44-18-37(26-60)17-38(19-44)27-61)76-51-24-42(58-71-33(5)65-34(6)72-58)11-15-47(51)48-16-12-43(25-52(48)76)59-73-35(7)66-36(8)74-59/h9-25H,1-8H3. The number of nitrogens with zero attached hydrogens (tertiary/aromatic N) is 17. The van der Waals surface area contributed by atoms with Crippen LogP contribution in [0.3, 0.4) is 0 Å². The molecule has 0 atom stereocenters. The Bertz CT molecular complexity index is 4050. The molecule has 0 unspecified atom stereocenters. The van der Waals surface area contributed by atoms with Crippen LogP contribution in [0.15, 0.2) is 103 Å². The van der Waals surface area contributed by atoms with Gasteiger partial charge in [-0.25, -0.2) is 59.8 Å². The molecular formula is C59H41N17. The van der Waals surface area contributed by atoms with Crippen molar-refractivity contribution in [2.75, 3.05) is 0 Å². The highest BCUT2D eigenvalue weighted by Crippen LogP contribution is 2.45. The van der Waals surface area contributed by atoms with E-state index in [0.29, 0.717) is 98.0 Å². The minimum absolute atomic E-state index is 0.274. The molecule has 362 valence electrons. The minimum atomic E-state index is 0.274. The van der Waals surface area contributed by atoms with Gasteiger partial charge >= 0.3 is 0 Å². The van der Waals surface area contributed by atoms with E-state index < -0.39 is 0 Å². The maximum Gasteiger partial charge on any atom is 0.163 e. The van der Waals surface area contributed by atoms with E-state index in [1.54, 1.807) is 18.2 Å². The average molecular weight is 988 g/mol. The molecule has 0 N–H and O–H groups in total. The zero-order chi connectivity index (χ0) is 52.7. The van der Waals surface area contributed by atoms with Gasteiger partial charge in [-0.3, -0.25) is 0 Å². The first-order chi connectivity index (χ1) is 36.7. The molecule has 0 saturated heterocycles. The Hall–Kier alpha value is -10.6. The van der Waals surface area contributed by atoms with E-state index in [9.17, 15) is 15.8 Å². The second kappa shape index (κ2) is 17.9. The van der Waals surface area contributed by atoms with Gasteiger partial charge in [0.05, 0.1) is 68.3 Å². The summed E-state index contributed by atoms with van der Waals surface area (Å²) in [6.07, 6.45) is 0. The Morgan fingerprint density at radius 3 is 0.789 bits per heavy atom. The van der Waals surface area contributed by atoms with Crippen molar-refractivity contribution < 1.29 is 0 Å². The summed E-state index contributed by atoms with van der Waals surface area (Å²) in [6, 6.07) is 40.4. The van der Waals surface area contributed by atoms with Crippen LogP contribution in [0.5, 0.6) is 0 Å². The predicted octanol–water partition coefficient (Wildman–Crippen LogP) is 11.0. The monoisotopic (exact) mass is 987 g/mol. The lowest BCUT2D eigenvalue weighted by Crippen LogP contribution is -2.06. The smallest absolute Gasteiger partial charge is 0.163 e. The highest BCUT2D eigenvalue weighted by molar-refractivity contribution is 6.14. The van der Waals surface area contributed by atoms with Gasteiger partial charge in [-0.1, -0.05) is 48.5 Å². The number of nitriles is 3. The fourth-order valence-corrected chi connectivity index (χ4v) is 10.3. The second-order valence-electron chi connectivity index (χ2n) is 18.6. The summed E-state index contributed by atoms with van der Waals surface area (Å²) in [4.78, 5) is 56.0. The van der Waals surface area contributed by atoms with Gasteiger partial charge in [0.1, 0.15) is 46.6 Å². The summed E-state index contributed by atoms with van der Waals surface area (Å²) < 4.78 is 4.25. The SMILES string of the molecule is Cc1nc(C)nc(-c2ccc3c4ccc(-c5nc(C)nc(C)n5)cc4n(-c4cc(C#N)cc(-n5c6cc(-c7nc(C)nc(C)n7)ccc6c6ccc(-c7nc(C)nc(C)n7)cc65)c4-c4cc(C#N)cc(C#N)c4)c3c2)n1. The minimum Gasteiger partial charge on any atom is -0.308 e. The summed E-state index contributed by atoms with van der Waals surface area (Å²) in [6.45, 7) is 14.7. The van der Waals surface area contributed by atoms with Gasteiger partial charge in [0.2, 0.25) is 0 Å². The Morgan fingerprint density at radius 2 is 0.539 bits per heavy atom. The van der Waals surface area contributed by atoms with Crippen molar-refractivity contribution in [3.8, 4) is 86.3 Å². The van der Waals surface area contributed by atoms with Crippen LogP contribution >= 0.6 is 0 Å². The van der Waals surface area contributed by atoms with E-state index in [4.69, 9.17) is 39.9 Å². The van der Waals surface area contributed by atoms with Crippen molar-refractivity contribution in [3.05, 3.63) is 166 Å². The molecule has 17 heteroatoms. The van der Waals surface area contributed by atoms with Crippen LogP contribution in [-0.4, -0.2) is 68.9 Å². The molecule has 6 heterocycles. The maximum absolute atomic E-state index is 11.3. The van der Waals surface area contributed by atoms with Gasteiger partial charge in [0.25, 0.3) is 0 Å². The first-order valence-electron chi connectivity index (χ1n) is 24.2. The van der Waals surface area contributed by atoms with Crippen molar-refractivity contribution in [2.45, 2.75) is 55.4 Å². The second-order valence-corrected chi connectivity index (χ2v) is 18.6. The molecule has 17 nitrogen and oxygen atoms in total. The van der Waals surface area contributed by atoms with Crippen LogP contribution in [0, 0.1) is 89.4 Å². The molecular weight excluding hydrogens is 947 g/mol. The molecule has 0 amide bonds. The van der Waals surface area contributed by atoms with Crippen LogP contribution in [0.2, 0.25) is 0 Å². The first-order valence-corrected chi connectivity index (χ1v) is 24.2. The summed E-state index contributed by atoms with van der Waals surface area (Å²) in [5.74, 6) is 6.61. The summed E-state index contributed by atoms with van der Waals surface area (Å²) >= 11 is 0. The van der Waals surface area contributed by atoms with E-state index in [0.717, 1.165) is 65.9 Å². The Balaban J connectivity index is 1.28. The Kier molecular flexibility index (Phi) is 10.9. The molecule has 0 aliphatic heterocycles. The third-order valence-corrected chi connectivity index (χ3v) is 13.2. The van der Waals surface area contributed by atoms with E-state index in [1.807, 2.05) is 116 Å². The topological polar surface area (TPSA) is 236 Å². The lowest BCUT2D eigenvalue weighted by molar-refractivity contribution is 0.928. The predicted molar refractivity (Wildman–Crippen MR) is 288 cm³/mol. The van der Waals surface area contributed by atoms with Crippen molar-refractivity contribution in [1.29, 1.82) is 15.8 Å². The number of hydrogen-bond acceptors (Lipinski definition) is 15. The van der Waals surface area contributed by atoms with Crippen LogP contribution in [0.4, 0.5) is 0 Å². The zero-order valence-electron chi connectivity index (χ0n) is 42.4. The highest BCUT2D eigenvalue weighted by Gasteiger charge is 2.26. The molecule has 6 aromatic heterocycles. The van der Waals surface area contributed by atoms with Gasteiger partial charge in [-0.05, 0) is 116 Å². The molecule has 0 aliphatic carbocycles. The lowest BCUT2D eigenvalue weighted by Gasteiger charge is -2.21. The molecule has 0 aliphatic rings. The van der Waals surface area contributed by atoms with Crippen molar-refractivity contribution in [2.24, 2.45) is 0 Å². The summed E-state index contributed by atoms with van der Waals surface area (Å²) in [5.41, 5.74) is 9.16. The van der Waals surface area contributed by atoms with Crippen molar-refractivity contribution in [3.63, 3.8) is 0 Å². The molecule has 6 aromatic carbocycles. The number of benzene rings is 6. The lowest BCUT2D eigenvalue weighted by atomic mass is 9.95. The van der Waals surface area contributed by atoms with Gasteiger partial charge in [-0.2, -0.15) is 15.8 Å². The first kappa shape index (κ1) is 46.5. The van der Waals surface area contributed by atoms with Gasteiger partial charge in [0.15, 0.2) is 23.3 Å². The molecule has 0 saturated carbocycles. The highest BCUT2D eigenvalue weighted by atomic mass is 15.1. The van der Waals surface area contributed by atoms with Crippen LogP contribution < -0.4 is 0 Å². The van der Waals surface area contributed by atoms with Gasteiger partial charge in [-0.15, -0.1) is 0 Å². The van der Waals surface area contributed by atoms with Crippen molar-refractivity contribution >= 4 is 43.6 Å². The molecule has 0 spiro atoms. The van der Waals surface area contributed by atoms with E-state index in [-0.39, 0.29) is 11.1 Å². The number of hydrogen-bond donors (Lipinski definition) is 0. The van der Waals surface area contributed by atoms with Crippen LogP contribution in [0.25, 0.3) is 112 Å². The molecule has 12 rings (SSSR count). The average Bonchev–Trinajstić information content (AvgIpc) is 4.13. The van der Waals surface area contributed by atoms with Gasteiger partial charge in [0, 0.05) is 49.4 Å². The summed E-state index contributed by atoms with van der Waals surface area (Å²) in [7, 11) is 0. The quantitative estimate of drug-likeness (QED) is 0.144. The molecule has 76 heavy (non-hydrogen) atoms. The molecule has 0 bridgehead atoms. The fourth-order valence-electron chi connectivity index (χ4n) is 10.3. The van der Waals surface area contributed by atoms with Crippen LogP contribution in [-0.2, 0) is 0 Å². The normalized spacial score (nSPS) is 11.4. The number of fused-ring (bicyclic) bond motifs is 6. The van der Waals surface area contributed by atoms with E-state index in [1.165, 1.54) is 0 Å². The van der Waals surface area contributed by atoms with Gasteiger partial charge < -0.3 is 9.13 Å². The molecule has 0 radical (unpaired) electrons. The Labute approximate surface area is 434 Å². The molecule has 12 aromatic rings. The maximum atomic E-state index is 11.3. The molecule has 0 fully saturated rings. The third kappa shape index (κ3) is 8.03. The third-order valence-electron chi connectivity index (χ3n) is 13.2. The van der Waals surface area contributed by atoms with Crippen molar-refractivity contribution in [1.82, 2.24) is 68.9 Å². The fraction of sp³-hybridized carbons (Fsp3) is 0.136. The number of rotatable bonds is 7. The number of aromatic nitrogens is 14. The van der Waals surface area contributed by atoms with E-state index in [2.05, 4.69) is 71.5 Å². The zero-order valence-corrected chi connectivity index (χ0v) is 42.4. The Morgan fingerprint density at radius 1 is 0.289 bits per heavy atom. The van der Waals surface area contributed by atoms with Crippen LogP contribution in [0.1, 0.15) is 63.3 Å². The summed E-state index contributed by atoms with van der Waals surface area (Å²) in [5, 5.41) is 36.1. The largest absolute Gasteiger partial charge is 0.308 e. The van der Waals surface area contributed by atoms with E-state index >= 15 is 0 Å².